The molecule has 1 aromatic carbocycles. The number of imide groups is 1. The van der Waals surface area contributed by atoms with Crippen molar-refractivity contribution in [1.82, 2.24) is 0 Å². The first kappa shape index (κ1) is 13.0. The number of hydrogen-bond acceptors (Lipinski definition) is 3. The highest BCUT2D eigenvalue weighted by Gasteiger charge is 2.66. The zero-order chi connectivity index (χ0) is 14.9. The summed E-state index contributed by atoms with van der Waals surface area (Å²) in [7, 11) is 0. The van der Waals surface area contributed by atoms with Gasteiger partial charge in [0.15, 0.2) is 0 Å². The molecule has 2 fully saturated rings. The highest BCUT2D eigenvalue weighted by atomic mass is 35.5. The molecule has 0 aromatic heterocycles. The fourth-order valence-electron chi connectivity index (χ4n) is 3.53. The Morgan fingerprint density at radius 3 is 2.76 bits per heavy atom. The number of hydrogen-bond donors (Lipinski definition) is 0. The van der Waals surface area contributed by atoms with E-state index in [0.29, 0.717) is 5.69 Å². The molecular formula is C15H11ClFNO3. The third kappa shape index (κ3) is 1.53. The number of nitrogens with zero attached hydrogens (tertiary/aromatic N) is 1. The SMILES string of the molecule is C[C@]12C=C[C@@H](O1)[C@@H]1C(=O)N(c3ccc(F)c(Cl)c3)C(=O)[C@@H]12. The van der Waals surface area contributed by atoms with Crippen LogP contribution in [0.3, 0.4) is 0 Å². The molecule has 2 bridgehead atoms. The lowest BCUT2D eigenvalue weighted by Crippen LogP contribution is -2.38. The summed E-state index contributed by atoms with van der Waals surface area (Å²) in [6, 6.07) is 3.83. The summed E-state index contributed by atoms with van der Waals surface area (Å²) < 4.78 is 19.0. The van der Waals surface area contributed by atoms with Gasteiger partial charge in [-0.05, 0) is 25.1 Å². The number of carbonyl (C=O) groups excluding carboxylic acids is 2. The average Bonchev–Trinajstić information content (AvgIpc) is 3.03. The van der Waals surface area contributed by atoms with Crippen molar-refractivity contribution in [3.05, 3.63) is 41.2 Å². The summed E-state index contributed by atoms with van der Waals surface area (Å²) >= 11 is 5.74. The maximum Gasteiger partial charge on any atom is 0.241 e. The van der Waals surface area contributed by atoms with E-state index in [0.717, 1.165) is 11.0 Å². The van der Waals surface area contributed by atoms with Gasteiger partial charge in [0.2, 0.25) is 11.8 Å². The fourth-order valence-corrected chi connectivity index (χ4v) is 3.71. The first-order valence-electron chi connectivity index (χ1n) is 6.62. The van der Waals surface area contributed by atoms with Crippen molar-refractivity contribution < 1.29 is 18.7 Å². The zero-order valence-electron chi connectivity index (χ0n) is 11.0. The van der Waals surface area contributed by atoms with Crippen LogP contribution in [-0.2, 0) is 14.3 Å². The van der Waals surface area contributed by atoms with Gasteiger partial charge in [0.05, 0.1) is 34.3 Å². The summed E-state index contributed by atoms with van der Waals surface area (Å²) in [6.07, 6.45) is 3.30. The monoisotopic (exact) mass is 307 g/mol. The molecule has 0 saturated carbocycles. The van der Waals surface area contributed by atoms with Crippen molar-refractivity contribution >= 4 is 29.1 Å². The van der Waals surface area contributed by atoms with Crippen LogP contribution in [0.25, 0.3) is 0 Å². The normalized spacial score (nSPS) is 36.7. The van der Waals surface area contributed by atoms with Crippen LogP contribution in [0.5, 0.6) is 0 Å². The molecule has 3 aliphatic heterocycles. The first-order chi connectivity index (χ1) is 9.92. The fraction of sp³-hybridized carbons (Fsp3) is 0.333. The van der Waals surface area contributed by atoms with Crippen molar-refractivity contribution in [2.45, 2.75) is 18.6 Å². The largest absolute Gasteiger partial charge is 0.362 e. The lowest BCUT2D eigenvalue weighted by Gasteiger charge is -2.24. The van der Waals surface area contributed by atoms with Gasteiger partial charge in [0, 0.05) is 0 Å². The lowest BCUT2D eigenvalue weighted by molar-refractivity contribution is -0.126. The van der Waals surface area contributed by atoms with E-state index in [2.05, 4.69) is 0 Å². The maximum absolute atomic E-state index is 13.3. The van der Waals surface area contributed by atoms with Crippen LogP contribution < -0.4 is 4.90 Å². The van der Waals surface area contributed by atoms with E-state index >= 15 is 0 Å². The number of anilines is 1. The summed E-state index contributed by atoms with van der Waals surface area (Å²) in [5.74, 6) is -2.25. The van der Waals surface area contributed by atoms with Crippen LogP contribution in [0.1, 0.15) is 6.92 Å². The molecule has 1 aromatic rings. The van der Waals surface area contributed by atoms with E-state index in [4.69, 9.17) is 16.3 Å². The van der Waals surface area contributed by atoms with Crippen molar-refractivity contribution in [2.75, 3.05) is 4.90 Å². The minimum atomic E-state index is -0.735. The number of carbonyl (C=O) groups is 2. The van der Waals surface area contributed by atoms with E-state index in [-0.39, 0.29) is 22.9 Å². The van der Waals surface area contributed by atoms with Gasteiger partial charge in [-0.15, -0.1) is 0 Å². The Balaban J connectivity index is 1.78. The summed E-state index contributed by atoms with van der Waals surface area (Å²) in [4.78, 5) is 26.3. The van der Waals surface area contributed by atoms with E-state index < -0.39 is 23.3 Å². The van der Waals surface area contributed by atoms with Gasteiger partial charge in [0.25, 0.3) is 0 Å². The molecule has 2 saturated heterocycles. The van der Waals surface area contributed by atoms with Gasteiger partial charge in [0.1, 0.15) is 5.82 Å². The van der Waals surface area contributed by atoms with Crippen molar-refractivity contribution in [2.24, 2.45) is 11.8 Å². The molecule has 108 valence electrons. The number of rotatable bonds is 1. The van der Waals surface area contributed by atoms with Crippen LogP contribution in [-0.4, -0.2) is 23.5 Å². The summed E-state index contributed by atoms with van der Waals surface area (Å²) in [6.45, 7) is 1.81. The highest BCUT2D eigenvalue weighted by molar-refractivity contribution is 6.31. The molecule has 2 amide bonds. The Morgan fingerprint density at radius 2 is 2.10 bits per heavy atom. The maximum atomic E-state index is 13.3. The first-order valence-corrected chi connectivity index (χ1v) is 7.00. The van der Waals surface area contributed by atoms with Crippen LogP contribution in [0.15, 0.2) is 30.4 Å². The van der Waals surface area contributed by atoms with E-state index in [1.54, 1.807) is 6.92 Å². The summed E-state index contributed by atoms with van der Waals surface area (Å²) in [5.41, 5.74) is -0.436. The Kier molecular flexibility index (Phi) is 2.43. The predicted molar refractivity (Wildman–Crippen MR) is 73.3 cm³/mol. The Hall–Kier alpha value is -1.72. The number of fused-ring (bicyclic) bond motifs is 5. The van der Waals surface area contributed by atoms with E-state index in [9.17, 15) is 14.0 Å². The second kappa shape index (κ2) is 3.93. The molecule has 0 aliphatic carbocycles. The molecule has 6 heteroatoms. The molecule has 0 radical (unpaired) electrons. The van der Waals surface area contributed by atoms with Gasteiger partial charge < -0.3 is 4.74 Å². The Labute approximate surface area is 125 Å². The minimum absolute atomic E-state index is 0.117. The standard InChI is InChI=1S/C15H11ClFNO3/c1-15-5-4-10(21-15)11-12(15)14(20)18(13(11)19)7-2-3-9(17)8(16)6-7/h2-6,10-12H,1H3/t10-,11+,12-,15-/m1/s1. The van der Waals surface area contributed by atoms with Crippen LogP contribution in [0.2, 0.25) is 5.02 Å². The smallest absolute Gasteiger partial charge is 0.241 e. The molecule has 0 unspecified atom stereocenters. The number of benzene rings is 1. The Morgan fingerprint density at radius 1 is 1.33 bits per heavy atom. The third-order valence-corrected chi connectivity index (χ3v) is 4.78. The van der Waals surface area contributed by atoms with Crippen molar-refractivity contribution in [3.63, 3.8) is 0 Å². The van der Waals surface area contributed by atoms with Gasteiger partial charge in [-0.3, -0.25) is 9.59 Å². The van der Waals surface area contributed by atoms with Crippen LogP contribution in [0, 0.1) is 17.7 Å². The number of amides is 2. The molecule has 4 atom stereocenters. The topological polar surface area (TPSA) is 46.6 Å². The lowest BCUT2D eigenvalue weighted by atomic mass is 9.78. The van der Waals surface area contributed by atoms with Gasteiger partial charge >= 0.3 is 0 Å². The van der Waals surface area contributed by atoms with E-state index in [1.807, 2.05) is 12.2 Å². The molecule has 3 heterocycles. The minimum Gasteiger partial charge on any atom is -0.362 e. The number of halogens is 2. The molecule has 4 rings (SSSR count). The summed E-state index contributed by atoms with van der Waals surface area (Å²) in [5, 5.41) is -0.117. The molecule has 4 nitrogen and oxygen atoms in total. The second-order valence-corrected chi connectivity index (χ2v) is 6.15. The van der Waals surface area contributed by atoms with E-state index in [1.165, 1.54) is 12.1 Å². The van der Waals surface area contributed by atoms with Gasteiger partial charge in [-0.25, -0.2) is 9.29 Å². The molecule has 0 N–H and O–H groups in total. The van der Waals surface area contributed by atoms with Gasteiger partial charge in [-0.1, -0.05) is 23.8 Å². The second-order valence-electron chi connectivity index (χ2n) is 5.74. The highest BCUT2D eigenvalue weighted by Crippen LogP contribution is 2.52. The van der Waals surface area contributed by atoms with Crippen molar-refractivity contribution in [3.8, 4) is 0 Å². The molecule has 3 aliphatic rings. The average molecular weight is 308 g/mol. The number of ether oxygens (including phenoxy) is 1. The molecule has 21 heavy (non-hydrogen) atoms. The van der Waals surface area contributed by atoms with Crippen LogP contribution in [0.4, 0.5) is 10.1 Å². The zero-order valence-corrected chi connectivity index (χ0v) is 11.8. The quantitative estimate of drug-likeness (QED) is 0.591. The van der Waals surface area contributed by atoms with Gasteiger partial charge in [-0.2, -0.15) is 0 Å². The molecular weight excluding hydrogens is 297 g/mol. The van der Waals surface area contributed by atoms with Crippen LogP contribution >= 0.6 is 11.6 Å². The van der Waals surface area contributed by atoms with Crippen molar-refractivity contribution in [1.29, 1.82) is 0 Å². The molecule has 0 spiro atoms. The Bertz CT molecular complexity index is 719. The predicted octanol–water partition coefficient (Wildman–Crippen LogP) is 2.31. The third-order valence-electron chi connectivity index (χ3n) is 4.49.